The largest absolute Gasteiger partial charge is 0.507 e. The van der Waals surface area contributed by atoms with Crippen molar-refractivity contribution in [3.63, 3.8) is 0 Å². The Morgan fingerprint density at radius 2 is 1.80 bits per heavy atom. The molecule has 2 N–H and O–H groups in total. The van der Waals surface area contributed by atoms with Crippen LogP contribution < -0.4 is 0 Å². The van der Waals surface area contributed by atoms with E-state index < -0.39 is 19.9 Å². The summed E-state index contributed by atoms with van der Waals surface area (Å²) >= 11 is 0.671. The van der Waals surface area contributed by atoms with E-state index in [4.69, 9.17) is 4.33 Å². The van der Waals surface area contributed by atoms with E-state index in [-0.39, 0.29) is 38.5 Å². The fourth-order valence-corrected chi connectivity index (χ4v) is 3.81. The number of hydrogen-bond donors (Lipinski definition) is 2. The smallest absolute Gasteiger partial charge is 0.295 e. The van der Waals surface area contributed by atoms with Crippen molar-refractivity contribution in [3.05, 3.63) is 58.6 Å². The summed E-state index contributed by atoms with van der Waals surface area (Å²) in [5, 5.41) is 29.2. The lowest BCUT2D eigenvalue weighted by Crippen LogP contribution is -1.99. The Morgan fingerprint density at radius 1 is 1.10 bits per heavy atom. The Hall–Kier alpha value is -3.10. The van der Waals surface area contributed by atoms with Gasteiger partial charge < -0.3 is 5.11 Å². The second-order valence-corrected chi connectivity index (χ2v) is 7.82. The Labute approximate surface area is 174 Å². The molecule has 0 heterocycles. The summed E-state index contributed by atoms with van der Waals surface area (Å²) in [5.41, 5.74) is 0.00564. The third-order valence-corrected chi connectivity index (χ3v) is 5.45. The fourth-order valence-electron chi connectivity index (χ4n) is 2.58. The minimum Gasteiger partial charge on any atom is -0.507 e. The average molecular weight is 451 g/mol. The highest BCUT2D eigenvalue weighted by Gasteiger charge is 2.19. The van der Waals surface area contributed by atoms with E-state index >= 15 is 0 Å². The summed E-state index contributed by atoms with van der Waals surface area (Å²) in [4.78, 5) is 14.6. The highest BCUT2D eigenvalue weighted by atomic mass is 32.2. The molecule has 0 unspecified atom stereocenters. The van der Waals surface area contributed by atoms with Gasteiger partial charge in [-0.3, -0.25) is 14.7 Å². The lowest BCUT2D eigenvalue weighted by atomic mass is 10.1. The predicted octanol–water partition coefficient (Wildman–Crippen LogP) is 4.70. The molecule has 13 heteroatoms. The molecule has 0 atom stereocenters. The number of nitro benzene ring substituents is 1. The summed E-state index contributed by atoms with van der Waals surface area (Å²) in [6, 6.07) is 10.3. The number of hydrogen-bond acceptors (Lipinski definition) is 10. The van der Waals surface area contributed by atoms with Gasteiger partial charge in [0.1, 0.15) is 16.3 Å². The molecule has 0 aliphatic rings. The van der Waals surface area contributed by atoms with Crippen molar-refractivity contribution in [2.24, 2.45) is 10.2 Å². The minimum absolute atomic E-state index is 0.0343. The van der Waals surface area contributed by atoms with Crippen LogP contribution in [0.2, 0.25) is 0 Å². The Kier molecular flexibility index (Phi) is 6.28. The molecule has 0 spiro atoms. The summed E-state index contributed by atoms with van der Waals surface area (Å²) in [5.74, 6) is -0.213. The van der Waals surface area contributed by atoms with Gasteiger partial charge in [-0.15, -0.1) is 10.2 Å². The van der Waals surface area contributed by atoms with Crippen molar-refractivity contribution < 1.29 is 32.2 Å². The zero-order valence-corrected chi connectivity index (χ0v) is 16.8. The second-order valence-electron chi connectivity index (χ2n) is 5.68. The van der Waals surface area contributed by atoms with Crippen LogP contribution in [0.25, 0.3) is 10.8 Å². The Morgan fingerprint density at radius 3 is 2.47 bits per heavy atom. The van der Waals surface area contributed by atoms with Crippen molar-refractivity contribution in [3.8, 4) is 5.75 Å². The molecular weight excluding hydrogens is 438 g/mol. The lowest BCUT2D eigenvalue weighted by molar-refractivity contribution is -0.385. The SMILES string of the molecule is COOSc1cc([N+](=O)[O-])ccc1N=Nc1ccc(O)c2cccc(S(=O)(=O)O)c12. The Balaban J connectivity index is 2.15. The van der Waals surface area contributed by atoms with Crippen molar-refractivity contribution in [1.29, 1.82) is 0 Å². The van der Waals surface area contributed by atoms with E-state index in [1.165, 1.54) is 49.6 Å². The van der Waals surface area contributed by atoms with Crippen molar-refractivity contribution in [1.82, 2.24) is 0 Å². The molecule has 0 bridgehead atoms. The molecule has 0 saturated heterocycles. The number of rotatable bonds is 7. The van der Waals surface area contributed by atoms with Gasteiger partial charge in [0.25, 0.3) is 15.8 Å². The van der Waals surface area contributed by atoms with Gasteiger partial charge in [0, 0.05) is 22.9 Å². The molecule has 0 saturated carbocycles. The van der Waals surface area contributed by atoms with E-state index in [9.17, 15) is 28.2 Å². The fraction of sp³-hybridized carbons (Fsp3) is 0.0588. The zero-order valence-electron chi connectivity index (χ0n) is 15.1. The maximum atomic E-state index is 11.8. The first-order valence-electron chi connectivity index (χ1n) is 8.02. The molecule has 0 aliphatic carbocycles. The summed E-state index contributed by atoms with van der Waals surface area (Å²) < 4.78 is 37.8. The van der Waals surface area contributed by atoms with Crippen LogP contribution in [0.1, 0.15) is 0 Å². The summed E-state index contributed by atoms with van der Waals surface area (Å²) in [7, 11) is -3.36. The highest BCUT2D eigenvalue weighted by molar-refractivity contribution is 7.94. The van der Waals surface area contributed by atoms with E-state index in [1.54, 1.807) is 0 Å². The van der Waals surface area contributed by atoms with Crippen molar-refractivity contribution >= 4 is 50.0 Å². The Bertz CT molecular complexity index is 1260. The van der Waals surface area contributed by atoms with Crippen LogP contribution in [0, 0.1) is 10.1 Å². The van der Waals surface area contributed by atoms with E-state index in [2.05, 4.69) is 15.1 Å². The van der Waals surface area contributed by atoms with Gasteiger partial charge in [0.15, 0.2) is 0 Å². The number of non-ortho nitro benzene ring substituents is 1. The second kappa shape index (κ2) is 8.73. The number of phenols is 1. The minimum atomic E-state index is -4.62. The molecule has 0 radical (unpaired) electrons. The number of nitrogens with zero attached hydrogens (tertiary/aromatic N) is 3. The van der Waals surface area contributed by atoms with Crippen LogP contribution in [0.5, 0.6) is 5.75 Å². The predicted molar refractivity (Wildman–Crippen MR) is 107 cm³/mol. The molecule has 0 aromatic heterocycles. The van der Waals surface area contributed by atoms with E-state index in [1.807, 2.05) is 0 Å². The van der Waals surface area contributed by atoms with Gasteiger partial charge >= 0.3 is 0 Å². The van der Waals surface area contributed by atoms with Crippen LogP contribution in [-0.4, -0.2) is 30.1 Å². The van der Waals surface area contributed by atoms with Crippen LogP contribution in [-0.2, 0) is 19.3 Å². The number of aromatic hydroxyl groups is 1. The normalized spacial score (nSPS) is 11.9. The number of benzene rings is 3. The van der Waals surface area contributed by atoms with E-state index in [0.717, 1.165) is 6.07 Å². The number of nitro groups is 1. The molecule has 0 aliphatic heterocycles. The molecular formula is C17H13N3O8S2. The number of azo groups is 1. The highest BCUT2D eigenvalue weighted by Crippen LogP contribution is 2.39. The van der Waals surface area contributed by atoms with Crippen molar-refractivity contribution in [2.75, 3.05) is 7.11 Å². The summed E-state index contributed by atoms with van der Waals surface area (Å²) in [6.07, 6.45) is 0. The number of fused-ring (bicyclic) bond motifs is 1. The van der Waals surface area contributed by atoms with Crippen LogP contribution in [0.3, 0.4) is 0 Å². The van der Waals surface area contributed by atoms with Crippen LogP contribution in [0.15, 0.2) is 68.6 Å². The van der Waals surface area contributed by atoms with Gasteiger partial charge in [-0.1, -0.05) is 12.1 Å². The van der Waals surface area contributed by atoms with Crippen LogP contribution >= 0.6 is 12.0 Å². The first-order chi connectivity index (χ1) is 14.2. The molecule has 3 rings (SSSR count). The average Bonchev–Trinajstić information content (AvgIpc) is 2.71. The molecule has 3 aromatic rings. The van der Waals surface area contributed by atoms with E-state index in [0.29, 0.717) is 12.0 Å². The summed E-state index contributed by atoms with van der Waals surface area (Å²) in [6.45, 7) is 0. The first kappa shape index (κ1) is 21.6. The molecule has 11 nitrogen and oxygen atoms in total. The quantitative estimate of drug-likeness (QED) is 0.129. The standard InChI is InChI=1S/C17H13N3O8S2/c1-27-28-29-15-9-10(20(22)23)5-6-12(15)18-19-13-7-8-14(21)11-3-2-4-16(17(11)13)30(24,25)26/h2-9,21H,1H3,(H,24,25,26). The maximum absolute atomic E-state index is 11.8. The molecule has 30 heavy (non-hydrogen) atoms. The first-order valence-corrected chi connectivity index (χ1v) is 10.2. The third kappa shape index (κ3) is 4.55. The molecule has 3 aromatic carbocycles. The molecule has 0 amide bonds. The van der Waals surface area contributed by atoms with Crippen molar-refractivity contribution in [2.45, 2.75) is 9.79 Å². The van der Waals surface area contributed by atoms with Gasteiger partial charge in [0.05, 0.1) is 34.7 Å². The number of phenolic OH excluding ortho intramolecular Hbond substituents is 1. The van der Waals surface area contributed by atoms with Crippen LogP contribution in [0.4, 0.5) is 17.1 Å². The van der Waals surface area contributed by atoms with Gasteiger partial charge in [-0.05, 0) is 24.3 Å². The monoisotopic (exact) mass is 451 g/mol. The van der Waals surface area contributed by atoms with Gasteiger partial charge in [-0.2, -0.15) is 12.8 Å². The van der Waals surface area contributed by atoms with Gasteiger partial charge in [-0.25, -0.2) is 4.89 Å². The zero-order chi connectivity index (χ0) is 21.9. The topological polar surface area (TPSA) is 161 Å². The molecule has 0 fully saturated rings. The van der Waals surface area contributed by atoms with Gasteiger partial charge in [0.2, 0.25) is 0 Å². The maximum Gasteiger partial charge on any atom is 0.295 e. The molecule has 156 valence electrons. The lowest BCUT2D eigenvalue weighted by Gasteiger charge is -2.08. The third-order valence-electron chi connectivity index (χ3n) is 3.85.